The van der Waals surface area contributed by atoms with Crippen LogP contribution in [0, 0.1) is 0 Å². The highest BCUT2D eigenvalue weighted by Crippen LogP contribution is 2.45. The van der Waals surface area contributed by atoms with Crippen molar-refractivity contribution in [2.45, 2.75) is 31.6 Å². The fourth-order valence-corrected chi connectivity index (χ4v) is 3.25. The SMILES string of the molecule is CCN(CCO)C(=O)NCC1(c2ccccc2Cl)CCC1. The highest BCUT2D eigenvalue weighted by Gasteiger charge is 2.40. The summed E-state index contributed by atoms with van der Waals surface area (Å²) >= 11 is 6.32. The van der Waals surface area contributed by atoms with Gasteiger partial charge < -0.3 is 15.3 Å². The van der Waals surface area contributed by atoms with Gasteiger partial charge in [0.25, 0.3) is 0 Å². The van der Waals surface area contributed by atoms with E-state index in [0.717, 1.165) is 29.8 Å². The molecule has 1 aromatic rings. The van der Waals surface area contributed by atoms with Gasteiger partial charge in [-0.3, -0.25) is 0 Å². The molecule has 0 bridgehead atoms. The van der Waals surface area contributed by atoms with E-state index in [9.17, 15) is 4.79 Å². The predicted octanol–water partition coefficient (Wildman–Crippen LogP) is 2.79. The first-order valence-electron chi connectivity index (χ1n) is 7.51. The van der Waals surface area contributed by atoms with Crippen molar-refractivity contribution in [3.63, 3.8) is 0 Å². The molecule has 5 heteroatoms. The summed E-state index contributed by atoms with van der Waals surface area (Å²) in [7, 11) is 0. The van der Waals surface area contributed by atoms with Crippen molar-refractivity contribution < 1.29 is 9.90 Å². The minimum absolute atomic E-state index is 0.0169. The quantitative estimate of drug-likeness (QED) is 0.849. The normalized spacial score (nSPS) is 16.1. The van der Waals surface area contributed by atoms with Crippen LogP contribution < -0.4 is 5.32 Å². The summed E-state index contributed by atoms with van der Waals surface area (Å²) in [5, 5.41) is 12.8. The Hall–Kier alpha value is -1.26. The first kappa shape index (κ1) is 16.1. The highest BCUT2D eigenvalue weighted by atomic mass is 35.5. The van der Waals surface area contributed by atoms with E-state index in [1.807, 2.05) is 25.1 Å². The second-order valence-corrected chi connectivity index (χ2v) is 5.98. The lowest BCUT2D eigenvalue weighted by Crippen LogP contribution is -2.50. The first-order chi connectivity index (χ1) is 10.1. The molecule has 2 rings (SSSR count). The third-order valence-electron chi connectivity index (χ3n) is 4.37. The van der Waals surface area contributed by atoms with Gasteiger partial charge in [-0.25, -0.2) is 4.79 Å². The third-order valence-corrected chi connectivity index (χ3v) is 4.70. The van der Waals surface area contributed by atoms with Gasteiger partial charge in [0.05, 0.1) is 6.61 Å². The zero-order valence-corrected chi connectivity index (χ0v) is 13.2. The van der Waals surface area contributed by atoms with E-state index in [-0.39, 0.29) is 18.1 Å². The molecule has 0 atom stereocenters. The highest BCUT2D eigenvalue weighted by molar-refractivity contribution is 6.31. The van der Waals surface area contributed by atoms with Crippen LogP contribution in [0.2, 0.25) is 5.02 Å². The van der Waals surface area contributed by atoms with Crippen LogP contribution in [0.1, 0.15) is 31.7 Å². The minimum Gasteiger partial charge on any atom is -0.395 e. The molecule has 0 unspecified atom stereocenters. The predicted molar refractivity (Wildman–Crippen MR) is 84.7 cm³/mol. The molecule has 2 N–H and O–H groups in total. The Morgan fingerprint density at radius 2 is 2.14 bits per heavy atom. The van der Waals surface area contributed by atoms with Crippen molar-refractivity contribution in [2.24, 2.45) is 0 Å². The van der Waals surface area contributed by atoms with Crippen LogP contribution in [0.5, 0.6) is 0 Å². The molecule has 1 aliphatic carbocycles. The summed E-state index contributed by atoms with van der Waals surface area (Å²) in [6, 6.07) is 7.76. The Labute approximate surface area is 131 Å². The molecule has 116 valence electrons. The standard InChI is InChI=1S/C16H23ClN2O2/c1-2-19(10-11-20)15(21)18-12-16(8-5-9-16)13-6-3-4-7-14(13)17/h3-4,6-7,20H,2,5,8-12H2,1H3,(H,18,21). The molecule has 4 nitrogen and oxygen atoms in total. The molecule has 1 aliphatic rings. The fourth-order valence-electron chi connectivity index (χ4n) is 2.92. The number of hydrogen-bond donors (Lipinski definition) is 2. The minimum atomic E-state index is -0.120. The van der Waals surface area contributed by atoms with Gasteiger partial charge in [-0.1, -0.05) is 36.2 Å². The summed E-state index contributed by atoms with van der Waals surface area (Å²) in [5.74, 6) is 0. The molecule has 0 aromatic heterocycles. The van der Waals surface area contributed by atoms with E-state index in [4.69, 9.17) is 16.7 Å². The monoisotopic (exact) mass is 310 g/mol. The largest absolute Gasteiger partial charge is 0.395 e. The number of nitrogens with one attached hydrogen (secondary N) is 1. The first-order valence-corrected chi connectivity index (χ1v) is 7.89. The lowest BCUT2D eigenvalue weighted by molar-refractivity contribution is 0.170. The zero-order valence-electron chi connectivity index (χ0n) is 12.4. The van der Waals surface area contributed by atoms with Crippen molar-refractivity contribution >= 4 is 17.6 Å². The van der Waals surface area contributed by atoms with Gasteiger partial charge in [-0.15, -0.1) is 0 Å². The van der Waals surface area contributed by atoms with E-state index in [0.29, 0.717) is 19.6 Å². The maximum atomic E-state index is 12.1. The molecule has 2 amide bonds. The summed E-state index contributed by atoms with van der Waals surface area (Å²) in [6.45, 7) is 3.43. The van der Waals surface area contributed by atoms with Gasteiger partial charge >= 0.3 is 6.03 Å². The maximum Gasteiger partial charge on any atom is 0.317 e. The molecule has 1 aromatic carbocycles. The second-order valence-electron chi connectivity index (χ2n) is 5.58. The number of urea groups is 1. The summed E-state index contributed by atoms with van der Waals surface area (Å²) in [6.07, 6.45) is 3.25. The van der Waals surface area contributed by atoms with Crippen LogP contribution >= 0.6 is 11.6 Å². The average molecular weight is 311 g/mol. The lowest BCUT2D eigenvalue weighted by atomic mass is 9.64. The number of halogens is 1. The van der Waals surface area contributed by atoms with Gasteiger partial charge in [0.2, 0.25) is 0 Å². The van der Waals surface area contributed by atoms with Crippen molar-refractivity contribution in [3.8, 4) is 0 Å². The van der Waals surface area contributed by atoms with Crippen LogP contribution in [-0.4, -0.2) is 42.3 Å². The van der Waals surface area contributed by atoms with E-state index in [1.54, 1.807) is 4.90 Å². The van der Waals surface area contributed by atoms with E-state index in [2.05, 4.69) is 11.4 Å². The number of nitrogens with zero attached hydrogens (tertiary/aromatic N) is 1. The molecule has 0 spiro atoms. The Morgan fingerprint density at radius 3 is 2.67 bits per heavy atom. The van der Waals surface area contributed by atoms with Crippen molar-refractivity contribution in [2.75, 3.05) is 26.2 Å². The van der Waals surface area contributed by atoms with E-state index < -0.39 is 0 Å². The van der Waals surface area contributed by atoms with E-state index in [1.165, 1.54) is 0 Å². The van der Waals surface area contributed by atoms with E-state index >= 15 is 0 Å². The maximum absolute atomic E-state index is 12.1. The Morgan fingerprint density at radius 1 is 1.43 bits per heavy atom. The Bertz CT molecular complexity index is 489. The Kier molecular flexibility index (Phi) is 5.48. The fraction of sp³-hybridized carbons (Fsp3) is 0.562. The van der Waals surface area contributed by atoms with Crippen LogP contribution in [0.25, 0.3) is 0 Å². The number of carbonyl (C=O) groups excluding carboxylic acids is 1. The number of benzene rings is 1. The Balaban J connectivity index is 2.03. The summed E-state index contributed by atoms with van der Waals surface area (Å²) in [4.78, 5) is 13.7. The summed E-state index contributed by atoms with van der Waals surface area (Å²) in [5.41, 5.74) is 1.09. The van der Waals surface area contributed by atoms with Crippen LogP contribution in [-0.2, 0) is 5.41 Å². The number of carbonyl (C=O) groups is 1. The molecule has 1 saturated carbocycles. The van der Waals surface area contributed by atoms with Gasteiger partial charge in [0.1, 0.15) is 0 Å². The third kappa shape index (κ3) is 3.50. The van der Waals surface area contributed by atoms with Crippen LogP contribution in [0.4, 0.5) is 4.79 Å². The lowest BCUT2D eigenvalue weighted by Gasteiger charge is -2.43. The molecule has 21 heavy (non-hydrogen) atoms. The second kappa shape index (κ2) is 7.14. The molecule has 0 aliphatic heterocycles. The topological polar surface area (TPSA) is 52.6 Å². The van der Waals surface area contributed by atoms with Gasteiger partial charge in [0, 0.05) is 30.1 Å². The molecule has 0 heterocycles. The smallest absolute Gasteiger partial charge is 0.317 e. The van der Waals surface area contributed by atoms with Gasteiger partial charge in [-0.2, -0.15) is 0 Å². The molecule has 0 saturated heterocycles. The molecular formula is C16H23ClN2O2. The van der Waals surface area contributed by atoms with Crippen LogP contribution in [0.3, 0.4) is 0 Å². The number of likely N-dealkylation sites (N-methyl/N-ethyl adjacent to an activating group) is 1. The molecule has 0 radical (unpaired) electrons. The number of rotatable bonds is 6. The number of aliphatic hydroxyl groups is 1. The average Bonchev–Trinajstić information content (AvgIpc) is 2.45. The van der Waals surface area contributed by atoms with Crippen molar-refractivity contribution in [1.29, 1.82) is 0 Å². The van der Waals surface area contributed by atoms with Crippen LogP contribution in [0.15, 0.2) is 24.3 Å². The van der Waals surface area contributed by atoms with Gasteiger partial charge in [-0.05, 0) is 31.4 Å². The summed E-state index contributed by atoms with van der Waals surface area (Å²) < 4.78 is 0. The zero-order chi connectivity index (χ0) is 15.3. The number of amides is 2. The van der Waals surface area contributed by atoms with Crippen molar-refractivity contribution in [3.05, 3.63) is 34.9 Å². The van der Waals surface area contributed by atoms with Crippen molar-refractivity contribution in [1.82, 2.24) is 10.2 Å². The number of aliphatic hydroxyl groups excluding tert-OH is 1. The molecular weight excluding hydrogens is 288 g/mol. The van der Waals surface area contributed by atoms with Gasteiger partial charge in [0.15, 0.2) is 0 Å². The molecule has 1 fully saturated rings. The number of hydrogen-bond acceptors (Lipinski definition) is 2.